The molecule has 1 aromatic carbocycles. The van der Waals surface area contributed by atoms with Crippen molar-refractivity contribution in [3.8, 4) is 0 Å². The number of benzene rings is 1. The molecule has 1 N–H and O–H groups in total. The van der Waals surface area contributed by atoms with Crippen LogP contribution >= 0.6 is 0 Å². The fourth-order valence-electron chi connectivity index (χ4n) is 3.34. The second-order valence-electron chi connectivity index (χ2n) is 7.99. The molecule has 1 aliphatic carbocycles. The maximum Gasteiger partial charge on any atom is 0.328 e. The lowest BCUT2D eigenvalue weighted by Gasteiger charge is -2.28. The molecule has 26 heavy (non-hydrogen) atoms. The van der Waals surface area contributed by atoms with Gasteiger partial charge < -0.3 is 10.1 Å². The van der Waals surface area contributed by atoms with Gasteiger partial charge in [0.15, 0.2) is 0 Å². The second-order valence-corrected chi connectivity index (χ2v) is 7.99. The summed E-state index contributed by atoms with van der Waals surface area (Å²) in [5.74, 6) is -0.128. The van der Waals surface area contributed by atoms with Crippen LogP contribution < -0.4 is 5.32 Å². The Labute approximate surface area is 157 Å². The molecule has 144 valence electrons. The third-order valence-electron chi connectivity index (χ3n) is 5.61. The van der Waals surface area contributed by atoms with Crippen LogP contribution in [0.3, 0.4) is 0 Å². The van der Waals surface area contributed by atoms with E-state index in [4.69, 9.17) is 4.74 Å². The molecule has 0 aromatic heterocycles. The van der Waals surface area contributed by atoms with Crippen LogP contribution in [-0.4, -0.2) is 24.5 Å². The van der Waals surface area contributed by atoms with Crippen molar-refractivity contribution < 1.29 is 14.3 Å². The molecule has 0 spiro atoms. The number of rotatable bonds is 9. The van der Waals surface area contributed by atoms with Crippen LogP contribution in [0, 0.1) is 11.3 Å². The van der Waals surface area contributed by atoms with E-state index in [0.29, 0.717) is 6.61 Å². The van der Waals surface area contributed by atoms with Crippen LogP contribution in [0.1, 0.15) is 64.9 Å². The van der Waals surface area contributed by atoms with Gasteiger partial charge in [0.25, 0.3) is 0 Å². The summed E-state index contributed by atoms with van der Waals surface area (Å²) in [5, 5.41) is 3.00. The van der Waals surface area contributed by atoms with E-state index in [1.807, 2.05) is 39.0 Å². The number of hydrogen-bond acceptors (Lipinski definition) is 3. The Morgan fingerprint density at radius 1 is 1.19 bits per heavy atom. The first-order valence-electron chi connectivity index (χ1n) is 9.95. The van der Waals surface area contributed by atoms with Crippen molar-refractivity contribution in [1.29, 1.82) is 0 Å². The van der Waals surface area contributed by atoms with E-state index < -0.39 is 11.5 Å². The summed E-state index contributed by atoms with van der Waals surface area (Å²) >= 11 is 0. The summed E-state index contributed by atoms with van der Waals surface area (Å²) in [4.78, 5) is 25.2. The molecule has 1 saturated carbocycles. The lowest BCUT2D eigenvalue weighted by molar-refractivity contribution is -0.150. The Morgan fingerprint density at radius 2 is 1.85 bits per heavy atom. The zero-order chi connectivity index (χ0) is 19.0. The summed E-state index contributed by atoms with van der Waals surface area (Å²) in [6, 6.07) is 9.68. The van der Waals surface area contributed by atoms with Gasteiger partial charge in [-0.2, -0.15) is 0 Å². The largest absolute Gasteiger partial charge is 0.464 e. The Morgan fingerprint density at radius 3 is 2.46 bits per heavy atom. The number of esters is 1. The van der Waals surface area contributed by atoms with E-state index in [1.54, 1.807) is 0 Å². The lowest BCUT2D eigenvalue weighted by atomic mass is 9.88. The second kappa shape index (κ2) is 9.75. The van der Waals surface area contributed by atoms with Crippen LogP contribution in [0.15, 0.2) is 30.3 Å². The van der Waals surface area contributed by atoms with E-state index in [0.717, 1.165) is 44.9 Å². The number of ether oxygens (including phenoxy) is 1. The monoisotopic (exact) mass is 359 g/mol. The van der Waals surface area contributed by atoms with Crippen molar-refractivity contribution in [3.63, 3.8) is 0 Å². The van der Waals surface area contributed by atoms with E-state index in [-0.39, 0.29) is 17.8 Å². The zero-order valence-corrected chi connectivity index (χ0v) is 16.4. The summed E-state index contributed by atoms with van der Waals surface area (Å²) in [7, 11) is 0. The van der Waals surface area contributed by atoms with Gasteiger partial charge in [-0.05, 0) is 43.6 Å². The minimum atomic E-state index is -0.507. The van der Waals surface area contributed by atoms with Gasteiger partial charge in [0.2, 0.25) is 5.91 Å². The Kier molecular flexibility index (Phi) is 7.67. The highest BCUT2D eigenvalue weighted by atomic mass is 16.5. The highest BCUT2D eigenvalue weighted by molar-refractivity contribution is 5.87. The zero-order valence-electron chi connectivity index (χ0n) is 16.4. The molecule has 1 atom stereocenters. The average Bonchev–Trinajstić information content (AvgIpc) is 3.18. The fourth-order valence-corrected chi connectivity index (χ4v) is 3.34. The molecule has 4 heteroatoms. The minimum absolute atomic E-state index is 0.0573. The van der Waals surface area contributed by atoms with Gasteiger partial charge >= 0.3 is 5.97 Å². The summed E-state index contributed by atoms with van der Waals surface area (Å²) in [5.41, 5.74) is 0.777. The fraction of sp³-hybridized carbons (Fsp3) is 0.636. The standard InChI is InChI=1S/C22H33NO3/c1-4-22(2,3)21(25)23-19(18-14-8-9-15-18)20(24)26-16-10-13-17-11-6-5-7-12-17/h5-7,11-12,18-19H,4,8-10,13-16H2,1-3H3,(H,23,25)/t19-/m0/s1. The van der Waals surface area contributed by atoms with E-state index >= 15 is 0 Å². The van der Waals surface area contributed by atoms with Crippen LogP contribution in [0.2, 0.25) is 0 Å². The molecule has 1 aromatic rings. The third kappa shape index (κ3) is 5.86. The van der Waals surface area contributed by atoms with Crippen molar-refractivity contribution in [2.45, 2.75) is 71.8 Å². The van der Waals surface area contributed by atoms with Crippen molar-refractivity contribution in [3.05, 3.63) is 35.9 Å². The number of carbonyl (C=O) groups excluding carboxylic acids is 2. The first-order valence-corrected chi connectivity index (χ1v) is 9.95. The molecule has 0 aliphatic heterocycles. The van der Waals surface area contributed by atoms with Crippen LogP contribution in [-0.2, 0) is 20.7 Å². The van der Waals surface area contributed by atoms with Crippen LogP contribution in [0.4, 0.5) is 0 Å². The number of carbonyl (C=O) groups is 2. The maximum absolute atomic E-state index is 12.7. The summed E-state index contributed by atoms with van der Waals surface area (Å²) in [6.07, 6.45) is 6.62. The predicted molar refractivity (Wildman–Crippen MR) is 104 cm³/mol. The third-order valence-corrected chi connectivity index (χ3v) is 5.61. The molecule has 1 fully saturated rings. The van der Waals surface area contributed by atoms with E-state index in [9.17, 15) is 9.59 Å². The Hall–Kier alpha value is -1.84. The SMILES string of the molecule is CCC(C)(C)C(=O)N[C@H](C(=O)OCCCc1ccccc1)C1CCCC1. The minimum Gasteiger partial charge on any atom is -0.464 e. The Balaban J connectivity index is 1.87. The summed E-state index contributed by atoms with van der Waals surface area (Å²) < 4.78 is 5.53. The molecular formula is C22H33NO3. The highest BCUT2D eigenvalue weighted by Crippen LogP contribution is 2.29. The normalized spacial score (nSPS) is 16.3. The van der Waals surface area contributed by atoms with Gasteiger partial charge in [-0.15, -0.1) is 0 Å². The first-order chi connectivity index (χ1) is 12.4. The smallest absolute Gasteiger partial charge is 0.328 e. The molecule has 0 unspecified atom stereocenters. The van der Waals surface area contributed by atoms with Crippen molar-refractivity contribution in [2.75, 3.05) is 6.61 Å². The first kappa shape index (κ1) is 20.5. The molecule has 1 aliphatic rings. The molecule has 1 amide bonds. The quantitative estimate of drug-likeness (QED) is 0.529. The number of hydrogen-bond donors (Lipinski definition) is 1. The van der Waals surface area contributed by atoms with E-state index in [2.05, 4.69) is 17.4 Å². The van der Waals surface area contributed by atoms with Crippen molar-refractivity contribution >= 4 is 11.9 Å². The van der Waals surface area contributed by atoms with Gasteiger partial charge in [0.05, 0.1) is 6.61 Å². The lowest BCUT2D eigenvalue weighted by Crippen LogP contribution is -2.50. The number of aryl methyl sites for hydroxylation is 1. The maximum atomic E-state index is 12.7. The molecule has 0 bridgehead atoms. The van der Waals surface area contributed by atoms with Gasteiger partial charge in [-0.25, -0.2) is 4.79 Å². The van der Waals surface area contributed by atoms with Gasteiger partial charge in [-0.1, -0.05) is 63.9 Å². The number of nitrogens with one attached hydrogen (secondary N) is 1. The Bertz CT molecular complexity index is 576. The van der Waals surface area contributed by atoms with Gasteiger partial charge in [0, 0.05) is 5.41 Å². The molecular weight excluding hydrogens is 326 g/mol. The van der Waals surface area contributed by atoms with Crippen LogP contribution in [0.5, 0.6) is 0 Å². The molecule has 0 saturated heterocycles. The van der Waals surface area contributed by atoms with Gasteiger partial charge in [0.1, 0.15) is 6.04 Å². The average molecular weight is 360 g/mol. The predicted octanol–water partition coefficient (Wildman–Crippen LogP) is 4.27. The van der Waals surface area contributed by atoms with E-state index in [1.165, 1.54) is 5.56 Å². The van der Waals surface area contributed by atoms with Crippen LogP contribution in [0.25, 0.3) is 0 Å². The highest BCUT2D eigenvalue weighted by Gasteiger charge is 2.36. The van der Waals surface area contributed by atoms with Gasteiger partial charge in [-0.3, -0.25) is 4.79 Å². The number of amides is 1. The van der Waals surface area contributed by atoms with Crippen molar-refractivity contribution in [1.82, 2.24) is 5.32 Å². The molecule has 2 rings (SSSR count). The van der Waals surface area contributed by atoms with Crippen molar-refractivity contribution in [2.24, 2.45) is 11.3 Å². The topological polar surface area (TPSA) is 55.4 Å². The summed E-state index contributed by atoms with van der Waals surface area (Å²) in [6.45, 7) is 6.22. The molecule has 0 radical (unpaired) electrons. The molecule has 4 nitrogen and oxygen atoms in total. The molecule has 0 heterocycles.